The highest BCUT2D eigenvalue weighted by molar-refractivity contribution is 5.86. The number of aromatic amines is 1. The van der Waals surface area contributed by atoms with Crippen LogP contribution in [0.1, 0.15) is 30.9 Å². The van der Waals surface area contributed by atoms with Gasteiger partial charge in [0.25, 0.3) is 0 Å². The maximum Gasteiger partial charge on any atom is 0.317 e. The molecule has 1 aromatic carbocycles. The maximum absolute atomic E-state index is 12.2. The molecule has 1 saturated heterocycles. The predicted molar refractivity (Wildman–Crippen MR) is 96.2 cm³/mol. The van der Waals surface area contributed by atoms with Crippen molar-refractivity contribution in [2.75, 3.05) is 26.2 Å². The van der Waals surface area contributed by atoms with Crippen LogP contribution in [0, 0.1) is 5.92 Å². The van der Waals surface area contributed by atoms with Gasteiger partial charge in [0, 0.05) is 43.3 Å². The quantitative estimate of drug-likeness (QED) is 0.789. The minimum Gasteiger partial charge on any atom is -0.396 e. The van der Waals surface area contributed by atoms with Gasteiger partial charge in [-0.05, 0) is 42.7 Å². The van der Waals surface area contributed by atoms with E-state index in [9.17, 15) is 4.79 Å². The zero-order valence-electron chi connectivity index (χ0n) is 14.3. The van der Waals surface area contributed by atoms with Gasteiger partial charge < -0.3 is 20.3 Å². The fourth-order valence-corrected chi connectivity index (χ4v) is 3.51. The lowest BCUT2D eigenvalue weighted by Gasteiger charge is -2.31. The molecule has 3 N–H and O–H groups in total. The zero-order chi connectivity index (χ0) is 16.9. The summed E-state index contributed by atoms with van der Waals surface area (Å²) in [6, 6.07) is 6.41. The summed E-state index contributed by atoms with van der Waals surface area (Å²) in [6.45, 7) is 4.52. The van der Waals surface area contributed by atoms with Crippen LogP contribution >= 0.6 is 0 Å². The van der Waals surface area contributed by atoms with E-state index in [-0.39, 0.29) is 12.6 Å². The first-order valence-corrected chi connectivity index (χ1v) is 8.94. The van der Waals surface area contributed by atoms with E-state index in [4.69, 9.17) is 5.11 Å². The highest BCUT2D eigenvalue weighted by Crippen LogP contribution is 2.22. The first kappa shape index (κ1) is 16.8. The Balaban J connectivity index is 1.53. The van der Waals surface area contributed by atoms with Crippen LogP contribution in [0.2, 0.25) is 0 Å². The number of aliphatic hydroxyl groups excluding tert-OH is 1. The van der Waals surface area contributed by atoms with Gasteiger partial charge in [0.1, 0.15) is 0 Å². The van der Waals surface area contributed by atoms with Crippen LogP contribution in [0.25, 0.3) is 10.9 Å². The molecule has 2 heterocycles. The molecule has 0 bridgehead atoms. The molecule has 0 unspecified atom stereocenters. The van der Waals surface area contributed by atoms with Crippen LogP contribution in [0.3, 0.4) is 0 Å². The van der Waals surface area contributed by atoms with Gasteiger partial charge in [0.05, 0.1) is 0 Å². The fourth-order valence-electron chi connectivity index (χ4n) is 3.51. The molecule has 130 valence electrons. The Morgan fingerprint density at radius 3 is 2.83 bits per heavy atom. The summed E-state index contributed by atoms with van der Waals surface area (Å²) in [7, 11) is 0. The van der Waals surface area contributed by atoms with E-state index in [1.54, 1.807) is 0 Å². The third kappa shape index (κ3) is 3.56. The highest BCUT2D eigenvalue weighted by atomic mass is 16.3. The fraction of sp³-hybridized carbons (Fsp3) is 0.526. The number of aliphatic hydroxyl groups is 1. The molecule has 0 saturated carbocycles. The Morgan fingerprint density at radius 1 is 1.33 bits per heavy atom. The number of benzene rings is 1. The summed E-state index contributed by atoms with van der Waals surface area (Å²) in [4.78, 5) is 17.5. The normalized spacial score (nSPS) is 15.8. The maximum atomic E-state index is 12.2. The lowest BCUT2D eigenvalue weighted by Crippen LogP contribution is -2.45. The molecule has 0 aliphatic carbocycles. The summed E-state index contributed by atoms with van der Waals surface area (Å²) >= 11 is 0. The molecule has 2 aromatic rings. The molecule has 24 heavy (non-hydrogen) atoms. The number of para-hydroxylation sites is 1. The Morgan fingerprint density at radius 2 is 2.12 bits per heavy atom. The summed E-state index contributed by atoms with van der Waals surface area (Å²) in [5.74, 6) is 0.355. The number of urea groups is 1. The molecular formula is C19H27N3O2. The number of amides is 2. The van der Waals surface area contributed by atoms with E-state index in [2.05, 4.69) is 41.6 Å². The first-order valence-electron chi connectivity index (χ1n) is 8.94. The van der Waals surface area contributed by atoms with Gasteiger partial charge in [0.15, 0.2) is 0 Å². The number of hydrogen-bond donors (Lipinski definition) is 3. The van der Waals surface area contributed by atoms with Crippen LogP contribution in [-0.4, -0.2) is 47.3 Å². The SMILES string of the molecule is CCc1cccc2c(CCNC(=O)N3CCC(CO)CC3)c[nH]c12. The van der Waals surface area contributed by atoms with Crippen molar-refractivity contribution < 1.29 is 9.90 Å². The van der Waals surface area contributed by atoms with Crippen molar-refractivity contribution >= 4 is 16.9 Å². The highest BCUT2D eigenvalue weighted by Gasteiger charge is 2.21. The molecule has 1 fully saturated rings. The number of piperidine rings is 1. The van der Waals surface area contributed by atoms with Crippen molar-refractivity contribution in [1.82, 2.24) is 15.2 Å². The second-order valence-corrected chi connectivity index (χ2v) is 6.60. The number of aryl methyl sites for hydroxylation is 1. The minimum atomic E-state index is 0.0143. The van der Waals surface area contributed by atoms with Crippen molar-refractivity contribution in [3.63, 3.8) is 0 Å². The summed E-state index contributed by atoms with van der Waals surface area (Å²) < 4.78 is 0. The monoisotopic (exact) mass is 329 g/mol. The number of likely N-dealkylation sites (tertiary alicyclic amines) is 1. The third-order valence-electron chi connectivity index (χ3n) is 5.10. The molecule has 0 atom stereocenters. The molecule has 2 amide bonds. The van der Waals surface area contributed by atoms with Crippen molar-refractivity contribution in [2.24, 2.45) is 5.92 Å². The minimum absolute atomic E-state index is 0.0143. The van der Waals surface area contributed by atoms with Crippen LogP contribution in [-0.2, 0) is 12.8 Å². The predicted octanol–water partition coefficient (Wildman–Crippen LogP) is 2.69. The van der Waals surface area contributed by atoms with Gasteiger partial charge in [0.2, 0.25) is 0 Å². The van der Waals surface area contributed by atoms with Gasteiger partial charge in [-0.2, -0.15) is 0 Å². The molecule has 5 nitrogen and oxygen atoms in total. The van der Waals surface area contributed by atoms with Gasteiger partial charge in [-0.3, -0.25) is 0 Å². The van der Waals surface area contributed by atoms with Gasteiger partial charge >= 0.3 is 6.03 Å². The third-order valence-corrected chi connectivity index (χ3v) is 5.10. The Hall–Kier alpha value is -2.01. The smallest absolute Gasteiger partial charge is 0.317 e. The van der Waals surface area contributed by atoms with Crippen molar-refractivity contribution in [1.29, 1.82) is 0 Å². The molecule has 0 spiro atoms. The average Bonchev–Trinajstić information content (AvgIpc) is 3.05. The molecular weight excluding hydrogens is 302 g/mol. The van der Waals surface area contributed by atoms with E-state index in [0.29, 0.717) is 12.5 Å². The number of H-pyrrole nitrogens is 1. The second-order valence-electron chi connectivity index (χ2n) is 6.60. The van der Waals surface area contributed by atoms with E-state index < -0.39 is 0 Å². The second kappa shape index (κ2) is 7.71. The van der Waals surface area contributed by atoms with Gasteiger partial charge in [-0.1, -0.05) is 25.1 Å². The summed E-state index contributed by atoms with van der Waals surface area (Å²) in [5.41, 5.74) is 3.79. The average molecular weight is 329 g/mol. The number of rotatable bonds is 5. The Labute approximate surface area is 143 Å². The number of aromatic nitrogens is 1. The molecule has 1 aliphatic rings. The molecule has 1 aliphatic heterocycles. The first-order chi connectivity index (χ1) is 11.7. The van der Waals surface area contributed by atoms with Crippen LogP contribution in [0.15, 0.2) is 24.4 Å². The largest absolute Gasteiger partial charge is 0.396 e. The number of carbonyl (C=O) groups excluding carboxylic acids is 1. The van der Waals surface area contributed by atoms with Crippen LogP contribution in [0.4, 0.5) is 4.79 Å². The van der Waals surface area contributed by atoms with E-state index >= 15 is 0 Å². The number of hydrogen-bond acceptors (Lipinski definition) is 2. The van der Waals surface area contributed by atoms with Crippen molar-refractivity contribution in [3.8, 4) is 0 Å². The molecule has 3 rings (SSSR count). The van der Waals surface area contributed by atoms with E-state index in [0.717, 1.165) is 38.8 Å². The van der Waals surface area contributed by atoms with Crippen molar-refractivity contribution in [2.45, 2.75) is 32.6 Å². The lowest BCUT2D eigenvalue weighted by molar-refractivity contribution is 0.137. The van der Waals surface area contributed by atoms with Crippen LogP contribution in [0.5, 0.6) is 0 Å². The standard InChI is InChI=1S/C19H27N3O2/c1-2-15-4-3-5-17-16(12-21-18(15)17)6-9-20-19(24)22-10-7-14(13-23)8-11-22/h3-5,12,14,21,23H,2,6-11,13H2,1H3,(H,20,24). The number of nitrogens with one attached hydrogen (secondary N) is 2. The van der Waals surface area contributed by atoms with Crippen molar-refractivity contribution in [3.05, 3.63) is 35.5 Å². The molecule has 0 radical (unpaired) electrons. The topological polar surface area (TPSA) is 68.4 Å². The Bertz CT molecular complexity index is 687. The zero-order valence-corrected chi connectivity index (χ0v) is 14.3. The number of fused-ring (bicyclic) bond motifs is 1. The summed E-state index contributed by atoms with van der Waals surface area (Å²) in [6.07, 6.45) is 5.69. The van der Waals surface area contributed by atoms with E-state index in [1.807, 2.05) is 4.90 Å². The van der Waals surface area contributed by atoms with Gasteiger partial charge in [-0.25, -0.2) is 4.79 Å². The Kier molecular flexibility index (Phi) is 5.41. The molecule has 1 aromatic heterocycles. The lowest BCUT2D eigenvalue weighted by atomic mass is 9.98. The van der Waals surface area contributed by atoms with Crippen LogP contribution < -0.4 is 5.32 Å². The number of carbonyl (C=O) groups is 1. The number of nitrogens with zero attached hydrogens (tertiary/aromatic N) is 1. The van der Waals surface area contributed by atoms with Gasteiger partial charge in [-0.15, -0.1) is 0 Å². The van der Waals surface area contributed by atoms with E-state index in [1.165, 1.54) is 22.0 Å². The molecule has 5 heteroatoms. The summed E-state index contributed by atoms with van der Waals surface area (Å²) in [5, 5.41) is 13.4.